The first kappa shape index (κ1) is 10.3. The van der Waals surface area contributed by atoms with Gasteiger partial charge in [0.05, 0.1) is 0 Å². The molecule has 2 fully saturated rings. The Morgan fingerprint density at radius 1 is 1.08 bits per heavy atom. The summed E-state index contributed by atoms with van der Waals surface area (Å²) in [5, 5.41) is 0. The van der Waals surface area contributed by atoms with Crippen molar-refractivity contribution in [3.05, 3.63) is 0 Å². The lowest BCUT2D eigenvalue weighted by Gasteiger charge is -2.50. The van der Waals surface area contributed by atoms with Crippen molar-refractivity contribution < 1.29 is 0 Å². The second kappa shape index (κ2) is 3.39. The van der Waals surface area contributed by atoms with Gasteiger partial charge in [-0.05, 0) is 49.4 Å². The molecule has 0 spiro atoms. The zero-order valence-corrected chi connectivity index (χ0v) is 11.2. The Bertz CT molecular complexity index is 193. The highest BCUT2D eigenvalue weighted by molar-refractivity contribution is 14.1. The van der Waals surface area contributed by atoms with E-state index in [1.165, 1.54) is 25.7 Å². The summed E-state index contributed by atoms with van der Waals surface area (Å²) >= 11 is 2.73. The molecule has 0 radical (unpaired) electrons. The second-order valence-electron chi connectivity index (χ2n) is 5.66. The molecule has 0 aromatic carbocycles. The smallest absolute Gasteiger partial charge is 0.0248 e. The maximum Gasteiger partial charge on any atom is 0.0248 e. The molecule has 0 aliphatic heterocycles. The fourth-order valence-electron chi connectivity index (χ4n) is 3.53. The Kier molecular flexibility index (Phi) is 2.67. The molecular formula is C12H21I. The van der Waals surface area contributed by atoms with Gasteiger partial charge in [-0.3, -0.25) is 0 Å². The van der Waals surface area contributed by atoms with Gasteiger partial charge >= 0.3 is 0 Å². The van der Waals surface area contributed by atoms with Crippen LogP contribution in [-0.2, 0) is 0 Å². The van der Waals surface area contributed by atoms with E-state index in [0.717, 1.165) is 23.7 Å². The van der Waals surface area contributed by atoms with Crippen molar-refractivity contribution >= 4 is 22.6 Å². The molecule has 76 valence electrons. The van der Waals surface area contributed by atoms with Crippen LogP contribution in [-0.4, -0.2) is 3.42 Å². The fourth-order valence-corrected chi connectivity index (χ4v) is 4.29. The molecule has 0 saturated heterocycles. The van der Waals surface area contributed by atoms with E-state index < -0.39 is 0 Å². The van der Waals surface area contributed by atoms with Crippen LogP contribution in [0.3, 0.4) is 0 Å². The maximum absolute atomic E-state index is 2.73. The van der Waals surface area contributed by atoms with Crippen molar-refractivity contribution in [1.29, 1.82) is 0 Å². The van der Waals surface area contributed by atoms with Crippen LogP contribution >= 0.6 is 22.6 Å². The van der Waals surface area contributed by atoms with Gasteiger partial charge in [0.2, 0.25) is 0 Å². The van der Waals surface area contributed by atoms with Gasteiger partial charge < -0.3 is 0 Å². The zero-order chi connectivity index (χ0) is 9.64. The summed E-state index contributed by atoms with van der Waals surface area (Å²) in [6.45, 7) is 7.39. The molecule has 2 bridgehead atoms. The highest BCUT2D eigenvalue weighted by Gasteiger charge is 2.45. The van der Waals surface area contributed by atoms with Crippen molar-refractivity contribution in [3.63, 3.8) is 0 Å². The van der Waals surface area contributed by atoms with E-state index in [1.807, 2.05) is 0 Å². The zero-order valence-electron chi connectivity index (χ0n) is 9.02. The van der Waals surface area contributed by atoms with Crippen LogP contribution in [0.2, 0.25) is 0 Å². The lowest BCUT2D eigenvalue weighted by atomic mass is 9.61. The second-order valence-corrected chi connectivity index (χ2v) is 7.99. The quantitative estimate of drug-likeness (QED) is 0.462. The molecule has 0 N–H and O–H groups in total. The molecule has 0 nitrogen and oxygen atoms in total. The van der Waals surface area contributed by atoms with Crippen molar-refractivity contribution in [3.8, 4) is 0 Å². The largest absolute Gasteiger partial charge is 0.0786 e. The average Bonchev–Trinajstić information content (AvgIpc) is 2.00. The third kappa shape index (κ3) is 1.78. The van der Waals surface area contributed by atoms with Crippen molar-refractivity contribution in [1.82, 2.24) is 0 Å². The van der Waals surface area contributed by atoms with Gasteiger partial charge in [0.15, 0.2) is 0 Å². The van der Waals surface area contributed by atoms with Crippen molar-refractivity contribution in [2.45, 2.75) is 49.9 Å². The van der Waals surface area contributed by atoms with Gasteiger partial charge in [-0.15, -0.1) is 0 Å². The van der Waals surface area contributed by atoms with Gasteiger partial charge in [0.1, 0.15) is 0 Å². The van der Waals surface area contributed by atoms with Crippen LogP contribution in [0.4, 0.5) is 0 Å². The molecule has 2 rings (SSSR count). The van der Waals surface area contributed by atoms with Crippen molar-refractivity contribution in [2.75, 3.05) is 0 Å². The highest BCUT2D eigenvalue weighted by atomic mass is 127. The molecule has 2 aliphatic rings. The first-order chi connectivity index (χ1) is 6.00. The topological polar surface area (TPSA) is 0 Å². The van der Waals surface area contributed by atoms with E-state index in [0.29, 0.717) is 3.42 Å². The minimum absolute atomic E-state index is 0.586. The number of fused-ring (bicyclic) bond motifs is 2. The van der Waals surface area contributed by atoms with Gasteiger partial charge in [0, 0.05) is 3.42 Å². The molecule has 0 aromatic heterocycles. The van der Waals surface area contributed by atoms with E-state index in [1.54, 1.807) is 0 Å². The molecule has 5 unspecified atom stereocenters. The van der Waals surface area contributed by atoms with Gasteiger partial charge in [-0.1, -0.05) is 43.4 Å². The third-order valence-corrected chi connectivity index (χ3v) is 6.43. The number of hydrogen-bond acceptors (Lipinski definition) is 0. The Morgan fingerprint density at radius 3 is 2.46 bits per heavy atom. The van der Waals surface area contributed by atoms with Crippen molar-refractivity contribution in [2.24, 2.45) is 23.7 Å². The Balaban J connectivity index is 2.17. The van der Waals surface area contributed by atoms with Crippen LogP contribution < -0.4 is 0 Å². The van der Waals surface area contributed by atoms with E-state index in [-0.39, 0.29) is 0 Å². The van der Waals surface area contributed by atoms with Crippen LogP contribution in [0.25, 0.3) is 0 Å². The molecule has 0 heterocycles. The molecule has 5 atom stereocenters. The maximum atomic E-state index is 2.73. The monoisotopic (exact) mass is 292 g/mol. The summed E-state index contributed by atoms with van der Waals surface area (Å²) in [4.78, 5) is 0. The third-order valence-electron chi connectivity index (χ3n) is 4.49. The first-order valence-corrected chi connectivity index (χ1v) is 6.77. The van der Waals surface area contributed by atoms with Gasteiger partial charge in [-0.25, -0.2) is 0 Å². The normalized spacial score (nSPS) is 56.3. The van der Waals surface area contributed by atoms with Crippen LogP contribution in [0.15, 0.2) is 0 Å². The number of alkyl halides is 1. The summed E-state index contributed by atoms with van der Waals surface area (Å²) in [6.07, 6.45) is 6.00. The van der Waals surface area contributed by atoms with Crippen LogP contribution in [0.1, 0.15) is 46.5 Å². The Hall–Kier alpha value is 0.730. The van der Waals surface area contributed by atoms with Gasteiger partial charge in [0.25, 0.3) is 0 Å². The standard InChI is InChI=1S/C12H21I/c1-8-4-10-6-9(2)12(3,13)11(5-8)7-10/h8-11H,4-7H2,1-3H3. The molecular weight excluding hydrogens is 271 g/mol. The van der Waals surface area contributed by atoms with E-state index in [9.17, 15) is 0 Å². The Labute approximate surface area is 96.0 Å². The predicted molar refractivity (Wildman–Crippen MR) is 66.2 cm³/mol. The summed E-state index contributed by atoms with van der Waals surface area (Å²) in [7, 11) is 0. The lowest BCUT2D eigenvalue weighted by Crippen LogP contribution is -2.45. The summed E-state index contributed by atoms with van der Waals surface area (Å²) < 4.78 is 0.586. The fraction of sp³-hybridized carbons (Fsp3) is 1.00. The minimum Gasteiger partial charge on any atom is -0.0786 e. The first-order valence-electron chi connectivity index (χ1n) is 5.69. The minimum atomic E-state index is 0.586. The summed E-state index contributed by atoms with van der Waals surface area (Å²) in [5.74, 6) is 3.99. The molecule has 1 heteroatoms. The SMILES string of the molecule is CC1CC2CC(C)C(C)(I)C(C1)C2. The predicted octanol–water partition coefficient (Wildman–Crippen LogP) is 4.27. The van der Waals surface area contributed by atoms with E-state index in [4.69, 9.17) is 0 Å². The molecule has 2 saturated carbocycles. The van der Waals surface area contributed by atoms with Crippen LogP contribution in [0, 0.1) is 23.7 Å². The van der Waals surface area contributed by atoms with E-state index >= 15 is 0 Å². The van der Waals surface area contributed by atoms with Crippen LogP contribution in [0.5, 0.6) is 0 Å². The van der Waals surface area contributed by atoms with E-state index in [2.05, 4.69) is 43.4 Å². The molecule has 0 amide bonds. The molecule has 13 heavy (non-hydrogen) atoms. The lowest BCUT2D eigenvalue weighted by molar-refractivity contribution is 0.0852. The Morgan fingerprint density at radius 2 is 1.77 bits per heavy atom. The van der Waals surface area contributed by atoms with Gasteiger partial charge in [-0.2, -0.15) is 0 Å². The average molecular weight is 292 g/mol. The number of halogens is 1. The highest BCUT2D eigenvalue weighted by Crippen LogP contribution is 2.53. The molecule has 0 aromatic rings. The number of rotatable bonds is 0. The number of hydrogen-bond donors (Lipinski definition) is 0. The summed E-state index contributed by atoms with van der Waals surface area (Å²) in [6, 6.07) is 0. The molecule has 2 aliphatic carbocycles. The summed E-state index contributed by atoms with van der Waals surface area (Å²) in [5.41, 5.74) is 0.